The summed E-state index contributed by atoms with van der Waals surface area (Å²) in [7, 11) is 0. The average Bonchev–Trinajstić information content (AvgIpc) is 2.74. The molecule has 9 heteroatoms. The monoisotopic (exact) mass is 422 g/mol. The summed E-state index contributed by atoms with van der Waals surface area (Å²) in [6, 6.07) is 7.02. The molecule has 1 N–H and O–H groups in total. The number of halogens is 3. The minimum Gasteiger partial charge on any atom is -0.378 e. The van der Waals surface area contributed by atoms with E-state index in [4.69, 9.17) is 9.72 Å². The number of anilines is 1. The van der Waals surface area contributed by atoms with Gasteiger partial charge in [-0.05, 0) is 31.0 Å². The molecule has 2 aliphatic rings. The molecule has 30 heavy (non-hydrogen) atoms. The van der Waals surface area contributed by atoms with Gasteiger partial charge in [0.2, 0.25) is 5.95 Å². The van der Waals surface area contributed by atoms with Crippen molar-refractivity contribution >= 4 is 5.95 Å². The number of hydrogen-bond donors (Lipinski definition) is 1. The molecular weight excluding hydrogens is 397 g/mol. The number of aromatic nitrogens is 2. The number of benzene rings is 1. The van der Waals surface area contributed by atoms with Crippen molar-refractivity contribution < 1.29 is 17.9 Å². The summed E-state index contributed by atoms with van der Waals surface area (Å²) in [6.45, 7) is 4.48. The molecule has 0 radical (unpaired) electrons. The molecule has 0 spiro atoms. The second-order valence-electron chi connectivity index (χ2n) is 7.87. The molecule has 1 atom stereocenters. The smallest absolute Gasteiger partial charge is 0.378 e. The van der Waals surface area contributed by atoms with E-state index in [0.29, 0.717) is 50.9 Å². The molecule has 2 aromatic rings. The Morgan fingerprint density at radius 3 is 2.73 bits per heavy atom. The summed E-state index contributed by atoms with van der Waals surface area (Å²) in [5, 5.41) is 0. The Hall–Kier alpha value is -2.39. The summed E-state index contributed by atoms with van der Waals surface area (Å²) in [5.41, 5.74) is 0.573. The number of H-pyrrole nitrogens is 1. The van der Waals surface area contributed by atoms with Gasteiger partial charge >= 0.3 is 6.18 Å². The highest BCUT2D eigenvalue weighted by Gasteiger charge is 2.31. The average molecular weight is 422 g/mol. The fourth-order valence-corrected chi connectivity index (χ4v) is 4.14. The van der Waals surface area contributed by atoms with Crippen LogP contribution < -0.4 is 10.5 Å². The van der Waals surface area contributed by atoms with E-state index in [1.54, 1.807) is 12.1 Å². The second kappa shape index (κ2) is 8.77. The van der Waals surface area contributed by atoms with Crippen LogP contribution in [0.15, 0.2) is 35.1 Å². The number of morpholine rings is 1. The molecule has 3 heterocycles. The first-order valence-electron chi connectivity index (χ1n) is 10.2. The highest BCUT2D eigenvalue weighted by molar-refractivity contribution is 5.32. The zero-order chi connectivity index (χ0) is 21.1. The summed E-state index contributed by atoms with van der Waals surface area (Å²) >= 11 is 0. The molecule has 2 aliphatic heterocycles. The predicted octanol–water partition coefficient (Wildman–Crippen LogP) is 3.00. The molecular formula is C21H25F3N4O2. The lowest BCUT2D eigenvalue weighted by Crippen LogP contribution is -2.39. The van der Waals surface area contributed by atoms with Gasteiger partial charge in [0.05, 0.1) is 24.5 Å². The van der Waals surface area contributed by atoms with E-state index in [1.165, 1.54) is 12.1 Å². The maximum Gasteiger partial charge on any atom is 0.416 e. The summed E-state index contributed by atoms with van der Waals surface area (Å²) < 4.78 is 44.3. The van der Waals surface area contributed by atoms with Gasteiger partial charge in [0.25, 0.3) is 5.56 Å². The third kappa shape index (κ3) is 5.02. The van der Waals surface area contributed by atoms with E-state index in [0.717, 1.165) is 31.1 Å². The molecule has 0 unspecified atom stereocenters. The van der Waals surface area contributed by atoms with E-state index in [1.807, 2.05) is 4.90 Å². The fourth-order valence-electron chi connectivity index (χ4n) is 4.14. The van der Waals surface area contributed by atoms with Crippen LogP contribution >= 0.6 is 0 Å². The van der Waals surface area contributed by atoms with Gasteiger partial charge < -0.3 is 9.64 Å². The van der Waals surface area contributed by atoms with Crippen LogP contribution in [0.1, 0.15) is 35.6 Å². The Bertz CT molecular complexity index is 925. The van der Waals surface area contributed by atoms with Crippen LogP contribution in [0.3, 0.4) is 0 Å². The van der Waals surface area contributed by atoms with Crippen molar-refractivity contribution in [2.24, 2.45) is 0 Å². The van der Waals surface area contributed by atoms with Crippen molar-refractivity contribution in [1.82, 2.24) is 14.9 Å². The topological polar surface area (TPSA) is 61.5 Å². The lowest BCUT2D eigenvalue weighted by atomic mass is 9.94. The minimum absolute atomic E-state index is 0.0756. The van der Waals surface area contributed by atoms with E-state index in [9.17, 15) is 18.0 Å². The van der Waals surface area contributed by atoms with Crippen molar-refractivity contribution in [2.75, 3.05) is 44.3 Å². The van der Waals surface area contributed by atoms with E-state index >= 15 is 0 Å². The van der Waals surface area contributed by atoms with Crippen molar-refractivity contribution in [3.8, 4) is 0 Å². The molecule has 2 fully saturated rings. The fraction of sp³-hybridized carbons (Fsp3) is 0.524. The highest BCUT2D eigenvalue weighted by Crippen LogP contribution is 2.31. The number of rotatable bonds is 4. The zero-order valence-corrected chi connectivity index (χ0v) is 16.6. The van der Waals surface area contributed by atoms with Gasteiger partial charge in [0.1, 0.15) is 0 Å². The Kier molecular flexibility index (Phi) is 6.10. The van der Waals surface area contributed by atoms with Crippen molar-refractivity contribution in [1.29, 1.82) is 0 Å². The maximum atomic E-state index is 13.0. The van der Waals surface area contributed by atoms with Crippen LogP contribution in [0.25, 0.3) is 0 Å². The van der Waals surface area contributed by atoms with E-state index in [2.05, 4.69) is 9.88 Å². The SMILES string of the molecule is O=c1cc([C@@H]2CCCN(Cc3cccc(C(F)(F)F)c3)C2)nc(N2CCOCC2)[nH]1. The van der Waals surface area contributed by atoms with Crippen LogP contribution in [-0.4, -0.2) is 54.3 Å². The van der Waals surface area contributed by atoms with Crippen LogP contribution in [0.4, 0.5) is 19.1 Å². The molecule has 0 amide bonds. The van der Waals surface area contributed by atoms with Gasteiger partial charge in [-0.25, -0.2) is 4.98 Å². The first-order chi connectivity index (χ1) is 14.4. The van der Waals surface area contributed by atoms with Gasteiger partial charge in [-0.3, -0.25) is 14.7 Å². The summed E-state index contributed by atoms with van der Waals surface area (Å²) in [5.74, 6) is 0.641. The maximum absolute atomic E-state index is 13.0. The Morgan fingerprint density at radius 2 is 1.97 bits per heavy atom. The first kappa shape index (κ1) is 20.9. The van der Waals surface area contributed by atoms with Crippen LogP contribution in [0, 0.1) is 0 Å². The number of alkyl halides is 3. The second-order valence-corrected chi connectivity index (χ2v) is 7.87. The molecule has 0 bridgehead atoms. The molecule has 1 aromatic carbocycles. The van der Waals surface area contributed by atoms with Gasteiger partial charge in [-0.2, -0.15) is 13.2 Å². The standard InChI is InChI=1S/C21H25F3N4O2/c22-21(23,24)17-5-1-3-15(11-17)13-27-6-2-4-16(14-27)18-12-19(29)26-20(25-18)28-7-9-30-10-8-28/h1,3,5,11-12,16H,2,4,6-10,13-14H2,(H,25,26,29)/t16-/m1/s1. The zero-order valence-electron chi connectivity index (χ0n) is 16.6. The highest BCUT2D eigenvalue weighted by atomic mass is 19.4. The van der Waals surface area contributed by atoms with Gasteiger partial charge in [0.15, 0.2) is 0 Å². The van der Waals surface area contributed by atoms with Crippen molar-refractivity contribution in [2.45, 2.75) is 31.5 Å². The minimum atomic E-state index is -4.34. The molecule has 0 aliphatic carbocycles. The van der Waals surface area contributed by atoms with Crippen LogP contribution in [0.2, 0.25) is 0 Å². The summed E-state index contributed by atoms with van der Waals surface area (Å²) in [4.78, 5) is 23.9. The van der Waals surface area contributed by atoms with E-state index in [-0.39, 0.29) is 11.5 Å². The Balaban J connectivity index is 1.48. The summed E-state index contributed by atoms with van der Waals surface area (Å²) in [6.07, 6.45) is -2.53. The normalized spacial score (nSPS) is 21.0. The molecule has 1 aromatic heterocycles. The van der Waals surface area contributed by atoms with Crippen LogP contribution in [0.5, 0.6) is 0 Å². The Morgan fingerprint density at radius 1 is 1.17 bits per heavy atom. The molecule has 162 valence electrons. The number of hydrogen-bond acceptors (Lipinski definition) is 5. The molecule has 0 saturated carbocycles. The third-order valence-electron chi connectivity index (χ3n) is 5.64. The number of nitrogens with zero attached hydrogens (tertiary/aromatic N) is 3. The van der Waals surface area contributed by atoms with Crippen LogP contribution in [-0.2, 0) is 17.5 Å². The lowest BCUT2D eigenvalue weighted by molar-refractivity contribution is -0.137. The Labute approximate surface area is 172 Å². The number of ether oxygens (including phenoxy) is 1. The third-order valence-corrected chi connectivity index (χ3v) is 5.64. The lowest BCUT2D eigenvalue weighted by Gasteiger charge is -2.33. The molecule has 2 saturated heterocycles. The number of piperidine rings is 1. The largest absolute Gasteiger partial charge is 0.416 e. The first-order valence-corrected chi connectivity index (χ1v) is 10.2. The molecule has 6 nitrogen and oxygen atoms in total. The predicted molar refractivity (Wildman–Crippen MR) is 107 cm³/mol. The molecule has 4 rings (SSSR count). The van der Waals surface area contributed by atoms with Crippen molar-refractivity contribution in [3.63, 3.8) is 0 Å². The van der Waals surface area contributed by atoms with Crippen molar-refractivity contribution in [3.05, 3.63) is 57.5 Å². The number of nitrogens with one attached hydrogen (secondary N) is 1. The van der Waals surface area contributed by atoms with Gasteiger partial charge in [-0.1, -0.05) is 18.2 Å². The quantitative estimate of drug-likeness (QED) is 0.821. The number of likely N-dealkylation sites (tertiary alicyclic amines) is 1. The van der Waals surface area contributed by atoms with Gasteiger partial charge in [0, 0.05) is 38.2 Å². The van der Waals surface area contributed by atoms with Gasteiger partial charge in [-0.15, -0.1) is 0 Å². The van der Waals surface area contributed by atoms with E-state index < -0.39 is 11.7 Å². The number of aromatic amines is 1.